The van der Waals surface area contributed by atoms with Gasteiger partial charge in [-0.25, -0.2) is 0 Å². The van der Waals surface area contributed by atoms with Gasteiger partial charge in [-0.3, -0.25) is 0 Å². The minimum absolute atomic E-state index is 0.0242. The van der Waals surface area contributed by atoms with E-state index in [0.29, 0.717) is 24.3 Å². The van der Waals surface area contributed by atoms with Crippen molar-refractivity contribution in [2.45, 2.75) is 19.0 Å². The molecule has 0 radical (unpaired) electrons. The number of aromatic nitrogens is 3. The summed E-state index contributed by atoms with van der Waals surface area (Å²) in [5, 5.41) is 20.0. The number of hydrogen-bond acceptors (Lipinski definition) is 8. The van der Waals surface area contributed by atoms with Gasteiger partial charge >= 0.3 is 0 Å². The zero-order valence-electron chi connectivity index (χ0n) is 16.5. The molecule has 0 bridgehead atoms. The van der Waals surface area contributed by atoms with Crippen LogP contribution in [-0.2, 0) is 13.0 Å². The van der Waals surface area contributed by atoms with E-state index in [1.54, 1.807) is 18.2 Å². The van der Waals surface area contributed by atoms with Gasteiger partial charge in [-0.15, -0.1) is 11.8 Å². The second-order valence-corrected chi connectivity index (χ2v) is 8.62. The van der Waals surface area contributed by atoms with E-state index in [1.165, 1.54) is 11.1 Å². The summed E-state index contributed by atoms with van der Waals surface area (Å²) in [7, 11) is 0. The highest BCUT2D eigenvalue weighted by atomic mass is 32.2. The van der Waals surface area contributed by atoms with Gasteiger partial charge < -0.3 is 20.0 Å². The fraction of sp³-hybridized carbons (Fsp3) is 0.318. The number of phenolic OH excluding ortho intramolecular Hbond substituents is 1. The Kier molecular flexibility index (Phi) is 5.18. The van der Waals surface area contributed by atoms with Crippen molar-refractivity contribution in [3.63, 3.8) is 0 Å². The molecule has 2 aliphatic rings. The molecule has 0 spiro atoms. The summed E-state index contributed by atoms with van der Waals surface area (Å²) in [6.07, 6.45) is 0.745. The van der Waals surface area contributed by atoms with Crippen molar-refractivity contribution < 1.29 is 10.2 Å². The van der Waals surface area contributed by atoms with Gasteiger partial charge in [0.15, 0.2) is 5.82 Å². The second-order valence-electron chi connectivity index (χ2n) is 7.55. The molecule has 1 saturated heterocycles. The highest BCUT2D eigenvalue weighted by Crippen LogP contribution is 2.30. The van der Waals surface area contributed by atoms with Crippen LogP contribution in [0.3, 0.4) is 0 Å². The summed E-state index contributed by atoms with van der Waals surface area (Å²) in [6, 6.07) is 15.2. The standard InChI is InChI=1S/C22H23N5O2S/c28-13-18-10-15-4-1-2-5-17(15)12-27(18)22-24-20(16-6-3-7-19(29)11-16)23-21(25-22)26-8-9-30-14-26/h1-7,11,18,28-29H,8-10,12-14H2/t18-/m1/s1. The first-order valence-corrected chi connectivity index (χ1v) is 11.2. The lowest BCUT2D eigenvalue weighted by atomic mass is 9.94. The third kappa shape index (κ3) is 3.68. The van der Waals surface area contributed by atoms with Crippen LogP contribution in [0.5, 0.6) is 5.75 Å². The number of aliphatic hydroxyl groups is 1. The largest absolute Gasteiger partial charge is 0.508 e. The van der Waals surface area contributed by atoms with E-state index >= 15 is 0 Å². The van der Waals surface area contributed by atoms with Crippen molar-refractivity contribution in [3.05, 3.63) is 59.7 Å². The van der Waals surface area contributed by atoms with Gasteiger partial charge in [0.1, 0.15) is 5.75 Å². The molecule has 2 aromatic carbocycles. The lowest BCUT2D eigenvalue weighted by Gasteiger charge is -2.36. The predicted molar refractivity (Wildman–Crippen MR) is 119 cm³/mol. The molecule has 0 unspecified atom stereocenters. The van der Waals surface area contributed by atoms with E-state index in [0.717, 1.165) is 30.2 Å². The Balaban J connectivity index is 1.59. The van der Waals surface area contributed by atoms with Crippen LogP contribution < -0.4 is 9.80 Å². The minimum atomic E-state index is -0.0971. The van der Waals surface area contributed by atoms with Crippen LogP contribution in [0, 0.1) is 0 Å². The fourth-order valence-electron chi connectivity index (χ4n) is 3.95. The summed E-state index contributed by atoms with van der Waals surface area (Å²) < 4.78 is 0. The fourth-order valence-corrected chi connectivity index (χ4v) is 4.90. The van der Waals surface area contributed by atoms with Gasteiger partial charge in [0.2, 0.25) is 11.9 Å². The average molecular weight is 422 g/mol. The normalized spacial score (nSPS) is 18.5. The van der Waals surface area contributed by atoms with Crippen molar-refractivity contribution in [1.29, 1.82) is 0 Å². The number of aliphatic hydroxyl groups excluding tert-OH is 1. The van der Waals surface area contributed by atoms with E-state index in [1.807, 2.05) is 30.0 Å². The highest BCUT2D eigenvalue weighted by Gasteiger charge is 2.29. The van der Waals surface area contributed by atoms with Crippen LogP contribution in [0.25, 0.3) is 11.4 Å². The topological polar surface area (TPSA) is 85.6 Å². The lowest BCUT2D eigenvalue weighted by molar-refractivity contribution is 0.252. The number of thioether (sulfide) groups is 1. The smallest absolute Gasteiger partial charge is 0.231 e. The monoisotopic (exact) mass is 421 g/mol. The predicted octanol–water partition coefficient (Wildman–Crippen LogP) is 2.68. The Hall–Kier alpha value is -2.84. The van der Waals surface area contributed by atoms with Crippen LogP contribution in [-0.4, -0.2) is 56.0 Å². The molecular formula is C22H23N5O2S. The van der Waals surface area contributed by atoms with Crippen LogP contribution in [0.15, 0.2) is 48.5 Å². The zero-order valence-corrected chi connectivity index (χ0v) is 17.3. The van der Waals surface area contributed by atoms with E-state index < -0.39 is 0 Å². The molecule has 3 aromatic rings. The Bertz CT molecular complexity index is 1060. The third-order valence-electron chi connectivity index (χ3n) is 5.57. The van der Waals surface area contributed by atoms with Gasteiger partial charge in [-0.2, -0.15) is 15.0 Å². The molecule has 0 amide bonds. The molecule has 0 aliphatic carbocycles. The van der Waals surface area contributed by atoms with E-state index in [4.69, 9.17) is 15.0 Å². The first kappa shape index (κ1) is 19.1. The maximum atomic E-state index is 10.1. The summed E-state index contributed by atoms with van der Waals surface area (Å²) in [5.74, 6) is 3.78. The molecule has 0 saturated carbocycles. The molecule has 7 nitrogen and oxygen atoms in total. The van der Waals surface area contributed by atoms with E-state index in [-0.39, 0.29) is 18.4 Å². The molecule has 5 rings (SSSR count). The Morgan fingerprint density at radius 1 is 1.00 bits per heavy atom. The maximum absolute atomic E-state index is 10.1. The average Bonchev–Trinajstić information content (AvgIpc) is 3.33. The molecule has 30 heavy (non-hydrogen) atoms. The number of rotatable bonds is 4. The van der Waals surface area contributed by atoms with Crippen molar-refractivity contribution in [3.8, 4) is 17.1 Å². The first-order chi connectivity index (χ1) is 14.7. The molecule has 154 valence electrons. The van der Waals surface area contributed by atoms with Crippen molar-refractivity contribution in [2.24, 2.45) is 0 Å². The Labute approximate surface area is 179 Å². The Morgan fingerprint density at radius 2 is 1.83 bits per heavy atom. The number of aromatic hydroxyl groups is 1. The number of fused-ring (bicyclic) bond motifs is 1. The highest BCUT2D eigenvalue weighted by molar-refractivity contribution is 7.99. The van der Waals surface area contributed by atoms with Crippen LogP contribution in [0.2, 0.25) is 0 Å². The molecule has 1 fully saturated rings. The van der Waals surface area contributed by atoms with Gasteiger partial charge in [0.25, 0.3) is 0 Å². The molecule has 1 aromatic heterocycles. The van der Waals surface area contributed by atoms with Gasteiger partial charge in [0, 0.05) is 24.4 Å². The number of anilines is 2. The van der Waals surface area contributed by atoms with Crippen LogP contribution in [0.1, 0.15) is 11.1 Å². The number of hydrogen-bond donors (Lipinski definition) is 2. The third-order valence-corrected chi connectivity index (χ3v) is 6.54. The van der Waals surface area contributed by atoms with Crippen molar-refractivity contribution in [1.82, 2.24) is 15.0 Å². The Morgan fingerprint density at radius 3 is 2.60 bits per heavy atom. The summed E-state index contributed by atoms with van der Waals surface area (Å²) in [4.78, 5) is 18.5. The van der Waals surface area contributed by atoms with E-state index in [2.05, 4.69) is 21.9 Å². The summed E-state index contributed by atoms with van der Waals surface area (Å²) in [5.41, 5.74) is 3.22. The van der Waals surface area contributed by atoms with Crippen LogP contribution in [0.4, 0.5) is 11.9 Å². The number of nitrogens with zero attached hydrogens (tertiary/aromatic N) is 5. The lowest BCUT2D eigenvalue weighted by Crippen LogP contribution is -2.44. The minimum Gasteiger partial charge on any atom is -0.508 e. The molecule has 1 atom stereocenters. The zero-order chi connectivity index (χ0) is 20.5. The van der Waals surface area contributed by atoms with Crippen LogP contribution >= 0.6 is 11.8 Å². The SMILES string of the molecule is OC[C@H]1Cc2ccccc2CN1c1nc(-c2cccc(O)c2)nc(N2CCSC2)n1. The van der Waals surface area contributed by atoms with Crippen molar-refractivity contribution >= 4 is 23.7 Å². The quantitative estimate of drug-likeness (QED) is 0.665. The van der Waals surface area contributed by atoms with E-state index in [9.17, 15) is 10.2 Å². The number of phenols is 1. The summed E-state index contributed by atoms with van der Waals surface area (Å²) in [6.45, 7) is 1.55. The van der Waals surface area contributed by atoms with Gasteiger partial charge in [-0.05, 0) is 29.7 Å². The van der Waals surface area contributed by atoms with Gasteiger partial charge in [-0.1, -0.05) is 36.4 Å². The van der Waals surface area contributed by atoms with Crippen molar-refractivity contribution in [2.75, 3.05) is 34.6 Å². The number of benzene rings is 2. The molecule has 8 heteroatoms. The second kappa shape index (κ2) is 8.12. The first-order valence-electron chi connectivity index (χ1n) is 10.0. The maximum Gasteiger partial charge on any atom is 0.231 e. The molecule has 2 N–H and O–H groups in total. The molecule has 2 aliphatic heterocycles. The molecule has 3 heterocycles. The van der Waals surface area contributed by atoms with Gasteiger partial charge in [0.05, 0.1) is 18.5 Å². The molecular weight excluding hydrogens is 398 g/mol. The summed E-state index contributed by atoms with van der Waals surface area (Å²) >= 11 is 1.85.